The van der Waals surface area contributed by atoms with Crippen molar-refractivity contribution in [2.45, 2.75) is 6.18 Å². The van der Waals surface area contributed by atoms with Crippen molar-refractivity contribution >= 4 is 17.2 Å². The summed E-state index contributed by atoms with van der Waals surface area (Å²) < 4.78 is 51.0. The van der Waals surface area contributed by atoms with Crippen molar-refractivity contribution in [3.8, 4) is 0 Å². The Morgan fingerprint density at radius 1 is 1.00 bits per heavy atom. The zero-order valence-electron chi connectivity index (χ0n) is 10.8. The van der Waals surface area contributed by atoms with Crippen LogP contribution in [-0.2, 0) is 6.18 Å². The molecular formula is C15H7F4NO2. The molecule has 0 bridgehead atoms. The average molecular weight is 309 g/mol. The molecule has 1 aliphatic heterocycles. The van der Waals surface area contributed by atoms with Crippen molar-refractivity contribution in [1.82, 2.24) is 0 Å². The van der Waals surface area contributed by atoms with Crippen LogP contribution in [0.2, 0.25) is 0 Å². The maximum Gasteiger partial charge on any atom is 0.416 e. The second kappa shape index (κ2) is 4.66. The lowest BCUT2D eigenvalue weighted by atomic mass is 10.0. The van der Waals surface area contributed by atoms with E-state index < -0.39 is 23.3 Å². The molecule has 22 heavy (non-hydrogen) atoms. The molecule has 3 nitrogen and oxygen atoms in total. The zero-order chi connectivity index (χ0) is 16.1. The van der Waals surface area contributed by atoms with Gasteiger partial charge in [-0.05, 0) is 36.4 Å². The van der Waals surface area contributed by atoms with E-state index in [0.29, 0.717) is 0 Å². The minimum absolute atomic E-state index is 0.0197. The first-order valence-corrected chi connectivity index (χ1v) is 6.15. The number of hydrogen-bond donors (Lipinski definition) is 0. The molecule has 0 N–H and O–H groups in total. The number of hydrogen-bond acceptors (Lipinski definition) is 2. The number of carbonyl (C=O) groups excluding carboxylic acids is 1. The van der Waals surface area contributed by atoms with Gasteiger partial charge in [-0.2, -0.15) is 17.9 Å². The Kier molecular flexibility index (Phi) is 3.01. The van der Waals surface area contributed by atoms with Crippen molar-refractivity contribution in [2.24, 2.45) is 0 Å². The van der Waals surface area contributed by atoms with Gasteiger partial charge in [0.05, 0.1) is 11.1 Å². The summed E-state index contributed by atoms with van der Waals surface area (Å²) in [4.78, 5) is 12.2. The molecule has 0 saturated heterocycles. The average Bonchev–Trinajstić information content (AvgIpc) is 2.70. The van der Waals surface area contributed by atoms with Crippen LogP contribution in [0.25, 0.3) is 0 Å². The molecule has 2 aromatic carbocycles. The van der Waals surface area contributed by atoms with Gasteiger partial charge in [-0.1, -0.05) is 0 Å². The molecule has 0 aromatic heterocycles. The van der Waals surface area contributed by atoms with Gasteiger partial charge >= 0.3 is 6.18 Å². The number of benzene rings is 2. The van der Waals surface area contributed by atoms with Gasteiger partial charge in [-0.3, -0.25) is 4.79 Å². The molecule has 0 radical (unpaired) electrons. The number of alkyl halides is 3. The van der Waals surface area contributed by atoms with Crippen LogP contribution in [0.5, 0.6) is 0 Å². The fourth-order valence-corrected chi connectivity index (χ4v) is 2.27. The number of fused-ring (bicyclic) bond motifs is 1. The smallest absolute Gasteiger partial charge is 0.416 e. The fourth-order valence-electron chi connectivity index (χ4n) is 2.27. The van der Waals surface area contributed by atoms with Gasteiger partial charge in [0, 0.05) is 6.07 Å². The minimum Gasteiger partial charge on any atom is -0.618 e. The molecule has 0 spiro atoms. The number of nitrogens with zero attached hydrogens (tertiary/aromatic N) is 1. The van der Waals surface area contributed by atoms with Crippen molar-refractivity contribution in [2.75, 3.05) is 0 Å². The Balaban J connectivity index is 2.08. The summed E-state index contributed by atoms with van der Waals surface area (Å²) in [5.74, 6) is -1.33. The van der Waals surface area contributed by atoms with E-state index >= 15 is 0 Å². The second-order valence-electron chi connectivity index (χ2n) is 4.71. The van der Waals surface area contributed by atoms with Crippen molar-refractivity contribution in [3.05, 3.63) is 70.2 Å². The SMILES string of the molecule is O=C1C(c2ccc(C(F)(F)F)cc2)=[N+]([O-])c2cc(F)ccc21. The predicted molar refractivity (Wildman–Crippen MR) is 69.6 cm³/mol. The van der Waals surface area contributed by atoms with Crippen LogP contribution >= 0.6 is 0 Å². The van der Waals surface area contributed by atoms with Gasteiger partial charge in [0.1, 0.15) is 11.4 Å². The van der Waals surface area contributed by atoms with Gasteiger partial charge in [-0.25, -0.2) is 4.39 Å². The van der Waals surface area contributed by atoms with Crippen molar-refractivity contribution < 1.29 is 27.1 Å². The van der Waals surface area contributed by atoms with Crippen LogP contribution in [0, 0.1) is 11.0 Å². The molecule has 0 atom stereocenters. The highest BCUT2D eigenvalue weighted by Gasteiger charge is 2.37. The highest BCUT2D eigenvalue weighted by Crippen LogP contribution is 2.31. The normalized spacial score (nSPS) is 14.5. The highest BCUT2D eigenvalue weighted by atomic mass is 19.4. The molecule has 1 aliphatic rings. The molecular weight excluding hydrogens is 302 g/mol. The zero-order valence-corrected chi connectivity index (χ0v) is 10.8. The van der Waals surface area contributed by atoms with Crippen LogP contribution in [0.3, 0.4) is 0 Å². The quantitative estimate of drug-likeness (QED) is 0.458. The first-order valence-electron chi connectivity index (χ1n) is 6.15. The molecule has 1 heterocycles. The Hall–Kier alpha value is -2.70. The lowest BCUT2D eigenvalue weighted by molar-refractivity contribution is -0.355. The summed E-state index contributed by atoms with van der Waals surface area (Å²) >= 11 is 0. The van der Waals surface area contributed by atoms with Crippen LogP contribution < -0.4 is 0 Å². The summed E-state index contributed by atoms with van der Waals surface area (Å²) in [6, 6.07) is 6.79. The van der Waals surface area contributed by atoms with Crippen molar-refractivity contribution in [1.29, 1.82) is 0 Å². The lowest BCUT2D eigenvalue weighted by Crippen LogP contribution is -2.17. The molecule has 0 saturated carbocycles. The van der Waals surface area contributed by atoms with Crippen LogP contribution in [0.4, 0.5) is 23.2 Å². The van der Waals surface area contributed by atoms with Crippen LogP contribution in [-0.4, -0.2) is 16.2 Å². The fraction of sp³-hybridized carbons (Fsp3) is 0.0667. The van der Waals surface area contributed by atoms with Gasteiger partial charge < -0.3 is 5.21 Å². The third kappa shape index (κ3) is 2.14. The Morgan fingerprint density at radius 2 is 1.64 bits per heavy atom. The van der Waals surface area contributed by atoms with E-state index in [9.17, 15) is 27.6 Å². The molecule has 7 heteroatoms. The summed E-state index contributed by atoms with van der Waals surface area (Å²) in [6.45, 7) is 0. The minimum atomic E-state index is -4.51. The molecule has 0 unspecified atom stereocenters. The number of rotatable bonds is 1. The maximum atomic E-state index is 13.2. The summed E-state index contributed by atoms with van der Waals surface area (Å²) in [5, 5.41) is 12.1. The molecule has 0 amide bonds. The van der Waals surface area contributed by atoms with Crippen LogP contribution in [0.15, 0.2) is 42.5 Å². The number of carbonyl (C=O) groups is 1. The van der Waals surface area contributed by atoms with Gasteiger partial charge in [0.25, 0.3) is 11.5 Å². The third-order valence-corrected chi connectivity index (χ3v) is 3.33. The summed E-state index contributed by atoms with van der Waals surface area (Å²) in [7, 11) is 0. The molecule has 3 rings (SSSR count). The van der Waals surface area contributed by atoms with E-state index in [2.05, 4.69) is 0 Å². The van der Waals surface area contributed by atoms with Gasteiger partial charge in [0.2, 0.25) is 5.69 Å². The summed E-state index contributed by atoms with van der Waals surface area (Å²) in [6.07, 6.45) is -4.51. The number of ketones is 1. The van der Waals surface area contributed by atoms with E-state index in [1.54, 1.807) is 0 Å². The van der Waals surface area contributed by atoms with E-state index in [0.717, 1.165) is 36.4 Å². The lowest BCUT2D eigenvalue weighted by Gasteiger charge is -2.07. The Bertz CT molecular complexity index is 807. The first-order chi connectivity index (χ1) is 10.3. The largest absolute Gasteiger partial charge is 0.618 e. The summed E-state index contributed by atoms with van der Waals surface area (Å²) in [5.41, 5.74) is -1.30. The van der Waals surface area contributed by atoms with E-state index in [4.69, 9.17) is 0 Å². The maximum absolute atomic E-state index is 13.2. The molecule has 2 aromatic rings. The monoisotopic (exact) mass is 309 g/mol. The topological polar surface area (TPSA) is 43.1 Å². The second-order valence-corrected chi connectivity index (χ2v) is 4.71. The highest BCUT2D eigenvalue weighted by molar-refractivity contribution is 6.52. The third-order valence-electron chi connectivity index (χ3n) is 3.33. The Labute approximate surface area is 121 Å². The molecule has 112 valence electrons. The van der Waals surface area contributed by atoms with E-state index in [1.807, 2.05) is 0 Å². The number of Topliss-reactive ketones (excluding diaryl/α,β-unsaturated/α-hetero) is 1. The predicted octanol–water partition coefficient (Wildman–Crippen LogP) is 3.67. The number of halogens is 4. The standard InChI is InChI=1S/C15H7F4NO2/c16-10-5-6-11-12(7-10)20(22)13(14(11)21)8-1-3-9(4-2-8)15(17,18)19/h1-7H. The Morgan fingerprint density at radius 3 is 2.23 bits per heavy atom. The molecule has 0 fully saturated rings. The first kappa shape index (κ1) is 14.2. The van der Waals surface area contributed by atoms with Gasteiger partial charge in [0.15, 0.2) is 0 Å². The van der Waals surface area contributed by atoms with E-state index in [-0.39, 0.29) is 27.3 Å². The van der Waals surface area contributed by atoms with Crippen LogP contribution in [0.1, 0.15) is 21.5 Å². The van der Waals surface area contributed by atoms with E-state index in [1.165, 1.54) is 6.07 Å². The van der Waals surface area contributed by atoms with Crippen molar-refractivity contribution in [3.63, 3.8) is 0 Å². The van der Waals surface area contributed by atoms with Gasteiger partial charge in [-0.15, -0.1) is 0 Å². The molecule has 0 aliphatic carbocycles.